The molecule has 0 aliphatic rings. The molecule has 0 aliphatic heterocycles. The zero-order chi connectivity index (χ0) is 14.0. The number of rotatable bonds is 3. The maximum Gasteiger partial charge on any atom is 0.338 e. The minimum absolute atomic E-state index is 0.255. The van der Waals surface area contributed by atoms with Gasteiger partial charge in [0, 0.05) is 15.6 Å². The van der Waals surface area contributed by atoms with Crippen molar-refractivity contribution in [2.75, 3.05) is 0 Å². The van der Waals surface area contributed by atoms with E-state index in [0.717, 1.165) is 16.2 Å². The average molecular weight is 294 g/mol. The lowest BCUT2D eigenvalue weighted by Crippen LogP contribution is -2.05. The van der Waals surface area contributed by atoms with E-state index in [4.69, 9.17) is 11.6 Å². The van der Waals surface area contributed by atoms with Crippen LogP contribution in [0.3, 0.4) is 0 Å². The van der Waals surface area contributed by atoms with Gasteiger partial charge in [-0.2, -0.15) is 0 Å². The highest BCUT2D eigenvalue weighted by Crippen LogP contribution is 2.31. The minimum Gasteiger partial charge on any atom is -0.478 e. The highest BCUT2D eigenvalue weighted by molar-refractivity contribution is 7.99. The number of pyridine rings is 1. The van der Waals surface area contributed by atoms with E-state index >= 15 is 0 Å². The summed E-state index contributed by atoms with van der Waals surface area (Å²) in [5.41, 5.74) is 1.78. The SMILES string of the molecule is Cc1cc(C)c(C(=O)O)c(Sc2ccc(Cl)cc2)n1. The van der Waals surface area contributed by atoms with Crippen molar-refractivity contribution in [2.45, 2.75) is 23.8 Å². The van der Waals surface area contributed by atoms with Gasteiger partial charge in [0.25, 0.3) is 0 Å². The summed E-state index contributed by atoms with van der Waals surface area (Å²) in [6.07, 6.45) is 0. The van der Waals surface area contributed by atoms with Crippen molar-refractivity contribution < 1.29 is 9.90 Å². The molecule has 3 nitrogen and oxygen atoms in total. The van der Waals surface area contributed by atoms with Crippen molar-refractivity contribution in [1.82, 2.24) is 4.98 Å². The predicted octanol–water partition coefficient (Wildman–Crippen LogP) is 4.20. The standard InChI is InChI=1S/C14H12ClNO2S/c1-8-7-9(2)16-13(12(8)14(17)18)19-11-5-3-10(15)4-6-11/h3-7H,1-2H3,(H,17,18). The summed E-state index contributed by atoms with van der Waals surface area (Å²) in [4.78, 5) is 16.6. The van der Waals surface area contributed by atoms with Gasteiger partial charge in [-0.05, 0) is 49.7 Å². The molecule has 0 atom stereocenters. The maximum atomic E-state index is 11.3. The number of aromatic carboxylic acids is 1. The molecule has 2 aromatic rings. The van der Waals surface area contributed by atoms with Crippen LogP contribution in [0.4, 0.5) is 0 Å². The molecular formula is C14H12ClNO2S. The number of carboxylic acid groups (broad SMARTS) is 1. The van der Waals surface area contributed by atoms with Crippen LogP contribution in [0.1, 0.15) is 21.6 Å². The van der Waals surface area contributed by atoms with E-state index in [0.29, 0.717) is 10.0 Å². The first-order valence-corrected chi connectivity index (χ1v) is 6.82. The van der Waals surface area contributed by atoms with Crippen LogP contribution < -0.4 is 0 Å². The Balaban J connectivity index is 2.44. The molecule has 1 aromatic carbocycles. The fourth-order valence-corrected chi connectivity index (χ4v) is 2.91. The van der Waals surface area contributed by atoms with Gasteiger partial charge in [-0.1, -0.05) is 23.4 Å². The Bertz CT molecular complexity index is 626. The molecule has 0 unspecified atom stereocenters. The zero-order valence-electron chi connectivity index (χ0n) is 10.5. The highest BCUT2D eigenvalue weighted by Gasteiger charge is 2.16. The number of nitrogens with zero attached hydrogens (tertiary/aromatic N) is 1. The third-order valence-electron chi connectivity index (χ3n) is 2.55. The average Bonchev–Trinajstić information content (AvgIpc) is 2.30. The van der Waals surface area contributed by atoms with E-state index in [1.807, 2.05) is 19.1 Å². The lowest BCUT2D eigenvalue weighted by Gasteiger charge is -2.09. The van der Waals surface area contributed by atoms with E-state index in [9.17, 15) is 9.90 Å². The Morgan fingerprint density at radius 2 is 1.89 bits per heavy atom. The third-order valence-corrected chi connectivity index (χ3v) is 3.80. The van der Waals surface area contributed by atoms with Gasteiger partial charge in [-0.15, -0.1) is 0 Å². The van der Waals surface area contributed by atoms with Gasteiger partial charge in [0.05, 0.1) is 5.56 Å². The molecule has 0 radical (unpaired) electrons. The van der Waals surface area contributed by atoms with E-state index < -0.39 is 5.97 Å². The molecule has 1 N–H and O–H groups in total. The number of aryl methyl sites for hydroxylation is 2. The monoisotopic (exact) mass is 293 g/mol. The fourth-order valence-electron chi connectivity index (χ4n) is 1.75. The number of aromatic nitrogens is 1. The number of halogens is 1. The van der Waals surface area contributed by atoms with E-state index in [-0.39, 0.29) is 5.56 Å². The minimum atomic E-state index is -0.957. The van der Waals surface area contributed by atoms with Gasteiger partial charge in [0.1, 0.15) is 5.03 Å². The summed E-state index contributed by atoms with van der Waals surface area (Å²) in [6.45, 7) is 3.63. The molecule has 2 rings (SSSR count). The lowest BCUT2D eigenvalue weighted by molar-refractivity contribution is 0.0691. The summed E-state index contributed by atoms with van der Waals surface area (Å²) in [6, 6.07) is 9.01. The predicted molar refractivity (Wildman–Crippen MR) is 76.2 cm³/mol. The molecule has 1 aromatic heterocycles. The molecule has 0 saturated carbocycles. The molecule has 0 bridgehead atoms. The lowest BCUT2D eigenvalue weighted by atomic mass is 10.1. The molecule has 0 fully saturated rings. The summed E-state index contributed by atoms with van der Waals surface area (Å²) in [7, 11) is 0. The number of hydrogen-bond donors (Lipinski definition) is 1. The van der Waals surface area contributed by atoms with Crippen LogP contribution in [0.2, 0.25) is 5.02 Å². The molecule has 1 heterocycles. The van der Waals surface area contributed by atoms with Gasteiger partial charge >= 0.3 is 5.97 Å². The van der Waals surface area contributed by atoms with Crippen molar-refractivity contribution >= 4 is 29.3 Å². The molecule has 0 saturated heterocycles. The molecule has 5 heteroatoms. The van der Waals surface area contributed by atoms with Crippen molar-refractivity contribution in [3.05, 3.63) is 52.2 Å². The van der Waals surface area contributed by atoms with Gasteiger partial charge < -0.3 is 5.11 Å². The summed E-state index contributed by atoms with van der Waals surface area (Å²) >= 11 is 7.16. The Morgan fingerprint density at radius 1 is 1.26 bits per heavy atom. The van der Waals surface area contributed by atoms with Crippen molar-refractivity contribution in [2.24, 2.45) is 0 Å². The van der Waals surface area contributed by atoms with Crippen LogP contribution in [0, 0.1) is 13.8 Å². The van der Waals surface area contributed by atoms with E-state index in [1.54, 1.807) is 25.1 Å². The largest absolute Gasteiger partial charge is 0.478 e. The van der Waals surface area contributed by atoms with Crippen LogP contribution in [0.15, 0.2) is 40.3 Å². The molecule has 0 spiro atoms. The van der Waals surface area contributed by atoms with Crippen molar-refractivity contribution in [3.63, 3.8) is 0 Å². The molecule has 0 aliphatic carbocycles. The Kier molecular flexibility index (Phi) is 4.12. The molecule has 98 valence electrons. The molecule has 19 heavy (non-hydrogen) atoms. The Hall–Kier alpha value is -1.52. The second-order valence-corrected chi connectivity index (χ2v) is 5.62. The maximum absolute atomic E-state index is 11.3. The zero-order valence-corrected chi connectivity index (χ0v) is 12.0. The van der Waals surface area contributed by atoms with Gasteiger partial charge in [-0.25, -0.2) is 9.78 Å². The van der Waals surface area contributed by atoms with Gasteiger partial charge in [0.15, 0.2) is 0 Å². The topological polar surface area (TPSA) is 50.2 Å². The summed E-state index contributed by atoms with van der Waals surface area (Å²) < 4.78 is 0. The second-order valence-electron chi connectivity index (χ2n) is 4.12. The third kappa shape index (κ3) is 3.28. The highest BCUT2D eigenvalue weighted by atomic mass is 35.5. The first-order valence-electron chi connectivity index (χ1n) is 5.62. The summed E-state index contributed by atoms with van der Waals surface area (Å²) in [5, 5.41) is 10.4. The molecule has 0 amide bonds. The van der Waals surface area contributed by atoms with Gasteiger partial charge in [0.2, 0.25) is 0 Å². The quantitative estimate of drug-likeness (QED) is 0.921. The van der Waals surface area contributed by atoms with E-state index in [1.165, 1.54) is 11.8 Å². The van der Waals surface area contributed by atoms with Crippen LogP contribution in [-0.4, -0.2) is 16.1 Å². The Morgan fingerprint density at radius 3 is 2.47 bits per heavy atom. The first kappa shape index (κ1) is 13.9. The first-order chi connectivity index (χ1) is 8.97. The van der Waals surface area contributed by atoms with Crippen molar-refractivity contribution in [1.29, 1.82) is 0 Å². The number of carbonyl (C=O) groups is 1. The number of carboxylic acids is 1. The fraction of sp³-hybridized carbons (Fsp3) is 0.143. The molecular weight excluding hydrogens is 282 g/mol. The van der Waals surface area contributed by atoms with Gasteiger partial charge in [-0.3, -0.25) is 0 Å². The van der Waals surface area contributed by atoms with Crippen LogP contribution in [-0.2, 0) is 0 Å². The number of hydrogen-bond acceptors (Lipinski definition) is 3. The normalized spacial score (nSPS) is 10.5. The van der Waals surface area contributed by atoms with Crippen LogP contribution in [0.5, 0.6) is 0 Å². The van der Waals surface area contributed by atoms with Crippen molar-refractivity contribution in [3.8, 4) is 0 Å². The Labute approximate surface area is 120 Å². The van der Waals surface area contributed by atoms with Crippen LogP contribution >= 0.6 is 23.4 Å². The van der Waals surface area contributed by atoms with E-state index in [2.05, 4.69) is 4.98 Å². The van der Waals surface area contributed by atoms with Crippen LogP contribution in [0.25, 0.3) is 0 Å². The second kappa shape index (κ2) is 5.63. The summed E-state index contributed by atoms with van der Waals surface area (Å²) in [5.74, 6) is -0.957. The smallest absolute Gasteiger partial charge is 0.338 e. The number of benzene rings is 1.